The molecule has 18 heavy (non-hydrogen) atoms. The average Bonchev–Trinajstić information content (AvgIpc) is 2.81. The Hall–Kier alpha value is -2.94. The largest absolute Gasteiger partial charge is 0.506 e. The molecule has 1 N–H and O–H groups in total. The Bertz CT molecular complexity index is 771. The summed E-state index contributed by atoms with van der Waals surface area (Å²) in [5, 5.41) is 26.2. The SMILES string of the molecule is N#Cc1ccn2c(-c3cncc(O)c3)nnc2c1. The maximum absolute atomic E-state index is 9.40. The molecule has 0 aliphatic carbocycles. The number of nitriles is 1. The molecule has 6 heteroatoms. The smallest absolute Gasteiger partial charge is 0.170 e. The molecule has 3 rings (SSSR count). The van der Waals surface area contributed by atoms with E-state index >= 15 is 0 Å². The fourth-order valence-corrected chi connectivity index (χ4v) is 1.71. The zero-order valence-electron chi connectivity index (χ0n) is 9.15. The van der Waals surface area contributed by atoms with Gasteiger partial charge in [0.25, 0.3) is 0 Å². The molecule has 0 aliphatic heterocycles. The summed E-state index contributed by atoms with van der Waals surface area (Å²) in [6.45, 7) is 0. The van der Waals surface area contributed by atoms with E-state index in [9.17, 15) is 5.11 Å². The number of hydrogen-bond donors (Lipinski definition) is 1. The molecule has 0 aromatic carbocycles. The van der Waals surface area contributed by atoms with E-state index < -0.39 is 0 Å². The molecule has 0 spiro atoms. The van der Waals surface area contributed by atoms with Crippen molar-refractivity contribution in [3.8, 4) is 23.2 Å². The predicted octanol–water partition coefficient (Wildman–Crippen LogP) is 1.37. The van der Waals surface area contributed by atoms with Crippen molar-refractivity contribution in [2.24, 2.45) is 0 Å². The van der Waals surface area contributed by atoms with E-state index in [0.29, 0.717) is 22.6 Å². The molecule has 3 aromatic rings. The zero-order chi connectivity index (χ0) is 12.5. The number of pyridine rings is 2. The lowest BCUT2D eigenvalue weighted by molar-refractivity contribution is 0.473. The first kappa shape index (κ1) is 10.2. The monoisotopic (exact) mass is 237 g/mol. The van der Waals surface area contributed by atoms with Crippen molar-refractivity contribution in [1.29, 1.82) is 5.26 Å². The van der Waals surface area contributed by atoms with Gasteiger partial charge in [-0.05, 0) is 12.1 Å². The molecule has 3 heterocycles. The Morgan fingerprint density at radius 1 is 1.22 bits per heavy atom. The quantitative estimate of drug-likeness (QED) is 0.690. The van der Waals surface area contributed by atoms with Crippen LogP contribution in [0.3, 0.4) is 0 Å². The Labute approximate surface area is 102 Å². The highest BCUT2D eigenvalue weighted by Gasteiger charge is 2.09. The van der Waals surface area contributed by atoms with E-state index in [0.717, 1.165) is 0 Å². The van der Waals surface area contributed by atoms with Crippen molar-refractivity contribution in [2.75, 3.05) is 0 Å². The Balaban J connectivity index is 2.22. The Kier molecular flexibility index (Phi) is 2.17. The second kappa shape index (κ2) is 3.82. The van der Waals surface area contributed by atoms with E-state index in [1.807, 2.05) is 6.07 Å². The standard InChI is InChI=1S/C12H7N5O/c13-5-8-1-2-17-11(3-8)15-16-12(17)9-4-10(18)7-14-6-9/h1-4,6-7,18H. The molecule has 0 unspecified atom stereocenters. The minimum Gasteiger partial charge on any atom is -0.506 e. The highest BCUT2D eigenvalue weighted by atomic mass is 16.3. The highest BCUT2D eigenvalue weighted by molar-refractivity contribution is 5.60. The normalized spacial score (nSPS) is 10.4. The summed E-state index contributed by atoms with van der Waals surface area (Å²) in [6.07, 6.45) is 4.65. The van der Waals surface area contributed by atoms with Crippen molar-refractivity contribution >= 4 is 5.65 Å². The second-order valence-corrected chi connectivity index (χ2v) is 3.71. The summed E-state index contributed by atoms with van der Waals surface area (Å²) in [7, 11) is 0. The highest BCUT2D eigenvalue weighted by Crippen LogP contribution is 2.21. The summed E-state index contributed by atoms with van der Waals surface area (Å²) in [4.78, 5) is 3.90. The molecule has 0 saturated carbocycles. The van der Waals surface area contributed by atoms with Gasteiger partial charge >= 0.3 is 0 Å². The van der Waals surface area contributed by atoms with Gasteiger partial charge < -0.3 is 5.11 Å². The van der Waals surface area contributed by atoms with Gasteiger partial charge in [0.2, 0.25) is 0 Å². The third kappa shape index (κ3) is 1.55. The lowest BCUT2D eigenvalue weighted by atomic mass is 10.2. The van der Waals surface area contributed by atoms with Crippen LogP contribution < -0.4 is 0 Å². The molecule has 3 aromatic heterocycles. The maximum Gasteiger partial charge on any atom is 0.170 e. The van der Waals surface area contributed by atoms with E-state index in [1.165, 1.54) is 6.20 Å². The van der Waals surface area contributed by atoms with Crippen LogP contribution in [0.25, 0.3) is 17.0 Å². The number of aromatic nitrogens is 4. The summed E-state index contributed by atoms with van der Waals surface area (Å²) in [5.74, 6) is 0.635. The third-order valence-electron chi connectivity index (χ3n) is 2.52. The summed E-state index contributed by atoms with van der Waals surface area (Å²) >= 11 is 0. The van der Waals surface area contributed by atoms with Crippen molar-refractivity contribution in [1.82, 2.24) is 19.6 Å². The van der Waals surface area contributed by atoms with Crippen LogP contribution in [0.1, 0.15) is 5.56 Å². The fraction of sp³-hybridized carbons (Fsp3) is 0. The first-order valence-electron chi connectivity index (χ1n) is 5.17. The van der Waals surface area contributed by atoms with Crippen molar-refractivity contribution in [3.63, 3.8) is 0 Å². The van der Waals surface area contributed by atoms with Crippen LogP contribution in [0.15, 0.2) is 36.8 Å². The zero-order valence-corrected chi connectivity index (χ0v) is 9.15. The van der Waals surface area contributed by atoms with Gasteiger partial charge in [-0.25, -0.2) is 0 Å². The summed E-state index contributed by atoms with van der Waals surface area (Å²) in [5.41, 5.74) is 1.76. The van der Waals surface area contributed by atoms with Gasteiger partial charge in [-0.3, -0.25) is 9.38 Å². The molecule has 6 nitrogen and oxygen atoms in total. The Morgan fingerprint density at radius 3 is 2.89 bits per heavy atom. The van der Waals surface area contributed by atoms with Gasteiger partial charge in [0.1, 0.15) is 5.75 Å². The Morgan fingerprint density at radius 2 is 2.11 bits per heavy atom. The van der Waals surface area contributed by atoms with Crippen molar-refractivity contribution in [2.45, 2.75) is 0 Å². The van der Waals surface area contributed by atoms with Crippen LogP contribution in [0.2, 0.25) is 0 Å². The van der Waals surface area contributed by atoms with Gasteiger partial charge in [-0.2, -0.15) is 5.26 Å². The first-order valence-corrected chi connectivity index (χ1v) is 5.17. The van der Waals surface area contributed by atoms with Crippen LogP contribution in [0, 0.1) is 11.3 Å². The van der Waals surface area contributed by atoms with E-state index in [4.69, 9.17) is 5.26 Å². The van der Waals surface area contributed by atoms with Gasteiger partial charge in [0, 0.05) is 24.0 Å². The predicted molar refractivity (Wildman–Crippen MR) is 62.6 cm³/mol. The van der Waals surface area contributed by atoms with Crippen LogP contribution >= 0.6 is 0 Å². The lowest BCUT2D eigenvalue weighted by Crippen LogP contribution is -1.90. The molecule has 0 amide bonds. The topological polar surface area (TPSA) is 87.1 Å². The molecule has 0 radical (unpaired) electrons. The van der Waals surface area contributed by atoms with Crippen molar-refractivity contribution in [3.05, 3.63) is 42.4 Å². The second-order valence-electron chi connectivity index (χ2n) is 3.71. The number of hydrogen-bond acceptors (Lipinski definition) is 5. The molecule has 0 saturated heterocycles. The van der Waals surface area contributed by atoms with Crippen LogP contribution in [0.4, 0.5) is 0 Å². The molecule has 0 aliphatic rings. The molecular formula is C12H7N5O. The van der Waals surface area contributed by atoms with E-state index in [-0.39, 0.29) is 5.75 Å². The number of rotatable bonds is 1. The minimum atomic E-state index is 0.0675. The maximum atomic E-state index is 9.40. The molecule has 0 bridgehead atoms. The van der Waals surface area contributed by atoms with Crippen molar-refractivity contribution < 1.29 is 5.11 Å². The van der Waals surface area contributed by atoms with E-state index in [2.05, 4.69) is 15.2 Å². The third-order valence-corrected chi connectivity index (χ3v) is 2.52. The van der Waals surface area contributed by atoms with Crippen LogP contribution in [-0.4, -0.2) is 24.7 Å². The van der Waals surface area contributed by atoms with Gasteiger partial charge in [0.15, 0.2) is 11.5 Å². The van der Waals surface area contributed by atoms with Crippen LogP contribution in [0.5, 0.6) is 5.75 Å². The summed E-state index contributed by atoms with van der Waals surface area (Å²) < 4.78 is 1.73. The molecule has 0 atom stereocenters. The summed E-state index contributed by atoms with van der Waals surface area (Å²) in [6, 6.07) is 6.92. The van der Waals surface area contributed by atoms with Crippen LogP contribution in [-0.2, 0) is 0 Å². The number of fused-ring (bicyclic) bond motifs is 1. The number of aromatic hydroxyl groups is 1. The molecular weight excluding hydrogens is 230 g/mol. The average molecular weight is 237 g/mol. The lowest BCUT2D eigenvalue weighted by Gasteiger charge is -2.00. The minimum absolute atomic E-state index is 0.0675. The fourth-order valence-electron chi connectivity index (χ4n) is 1.71. The van der Waals surface area contributed by atoms with Gasteiger partial charge in [-0.15, -0.1) is 10.2 Å². The van der Waals surface area contributed by atoms with Gasteiger partial charge in [-0.1, -0.05) is 0 Å². The molecule has 0 fully saturated rings. The van der Waals surface area contributed by atoms with Gasteiger partial charge in [0.05, 0.1) is 17.8 Å². The number of nitrogens with zero attached hydrogens (tertiary/aromatic N) is 5. The van der Waals surface area contributed by atoms with E-state index in [1.54, 1.807) is 35.0 Å². The molecule has 86 valence electrons. The first-order chi connectivity index (χ1) is 8.78.